The van der Waals surface area contributed by atoms with E-state index in [0.29, 0.717) is 0 Å². The van der Waals surface area contributed by atoms with Gasteiger partial charge in [0.2, 0.25) is 0 Å². The third-order valence-electron chi connectivity index (χ3n) is 3.59. The fourth-order valence-electron chi connectivity index (χ4n) is 2.32. The SMILES string of the molecule is CC1(C(=O)OC2CC=CCC2)CC=CCC1. The maximum absolute atomic E-state index is 12.1. The van der Waals surface area contributed by atoms with Crippen molar-refractivity contribution in [3.63, 3.8) is 0 Å². The van der Waals surface area contributed by atoms with Crippen LogP contribution < -0.4 is 0 Å². The molecule has 0 N–H and O–H groups in total. The van der Waals surface area contributed by atoms with Crippen LogP contribution in [0.25, 0.3) is 0 Å². The van der Waals surface area contributed by atoms with Crippen LogP contribution >= 0.6 is 0 Å². The van der Waals surface area contributed by atoms with Crippen molar-refractivity contribution >= 4 is 5.97 Å². The summed E-state index contributed by atoms with van der Waals surface area (Å²) in [5.41, 5.74) is -0.282. The summed E-state index contributed by atoms with van der Waals surface area (Å²) in [5, 5.41) is 0. The van der Waals surface area contributed by atoms with Crippen molar-refractivity contribution in [1.82, 2.24) is 0 Å². The minimum Gasteiger partial charge on any atom is -0.462 e. The topological polar surface area (TPSA) is 26.3 Å². The first-order chi connectivity index (χ1) is 7.71. The number of hydrogen-bond donors (Lipinski definition) is 0. The molecular formula is C14H20O2. The molecule has 2 aliphatic rings. The predicted molar refractivity (Wildman–Crippen MR) is 64.0 cm³/mol. The number of rotatable bonds is 2. The summed E-state index contributed by atoms with van der Waals surface area (Å²) >= 11 is 0. The normalized spacial score (nSPS) is 33.7. The molecule has 0 amide bonds. The van der Waals surface area contributed by atoms with Gasteiger partial charge in [0.15, 0.2) is 0 Å². The van der Waals surface area contributed by atoms with Gasteiger partial charge in [-0.25, -0.2) is 0 Å². The molecule has 0 saturated carbocycles. The Bertz CT molecular complexity index is 317. The first-order valence-corrected chi connectivity index (χ1v) is 6.22. The molecule has 0 aromatic rings. The molecule has 0 aromatic carbocycles. The summed E-state index contributed by atoms with van der Waals surface area (Å²) in [7, 11) is 0. The van der Waals surface area contributed by atoms with Gasteiger partial charge in [0, 0.05) is 6.42 Å². The van der Waals surface area contributed by atoms with E-state index in [-0.39, 0.29) is 17.5 Å². The molecule has 0 bridgehead atoms. The molecule has 2 atom stereocenters. The van der Waals surface area contributed by atoms with Crippen LogP contribution in [0.1, 0.15) is 45.4 Å². The molecule has 0 radical (unpaired) electrons. The van der Waals surface area contributed by atoms with Crippen molar-refractivity contribution in [3.05, 3.63) is 24.3 Å². The fraction of sp³-hybridized carbons (Fsp3) is 0.643. The fourth-order valence-corrected chi connectivity index (χ4v) is 2.32. The van der Waals surface area contributed by atoms with Crippen LogP contribution in [-0.4, -0.2) is 12.1 Å². The average molecular weight is 220 g/mol. The van der Waals surface area contributed by atoms with Gasteiger partial charge in [-0.1, -0.05) is 24.3 Å². The predicted octanol–water partition coefficient (Wildman–Crippen LogP) is 3.38. The van der Waals surface area contributed by atoms with Crippen LogP contribution in [-0.2, 0) is 9.53 Å². The lowest BCUT2D eigenvalue weighted by Crippen LogP contribution is -2.34. The van der Waals surface area contributed by atoms with Crippen molar-refractivity contribution in [3.8, 4) is 0 Å². The zero-order chi connectivity index (χ0) is 11.4. The van der Waals surface area contributed by atoms with E-state index in [9.17, 15) is 4.79 Å². The van der Waals surface area contributed by atoms with Crippen molar-refractivity contribution in [2.45, 2.75) is 51.6 Å². The number of carbonyl (C=O) groups is 1. The third-order valence-corrected chi connectivity index (χ3v) is 3.59. The number of carbonyl (C=O) groups excluding carboxylic acids is 1. The highest BCUT2D eigenvalue weighted by atomic mass is 16.5. The Labute approximate surface area is 97.4 Å². The molecule has 2 rings (SSSR count). The maximum atomic E-state index is 12.1. The second-order valence-electron chi connectivity index (χ2n) is 5.09. The summed E-state index contributed by atoms with van der Waals surface area (Å²) < 4.78 is 5.61. The van der Waals surface area contributed by atoms with Crippen molar-refractivity contribution in [1.29, 1.82) is 0 Å². The van der Waals surface area contributed by atoms with Crippen molar-refractivity contribution in [2.24, 2.45) is 5.41 Å². The molecule has 0 fully saturated rings. The van der Waals surface area contributed by atoms with Gasteiger partial charge < -0.3 is 4.74 Å². The number of esters is 1. The van der Waals surface area contributed by atoms with Crippen molar-refractivity contribution < 1.29 is 9.53 Å². The van der Waals surface area contributed by atoms with Crippen LogP contribution in [0.4, 0.5) is 0 Å². The molecule has 0 aromatic heterocycles. The first kappa shape index (κ1) is 11.4. The molecule has 2 nitrogen and oxygen atoms in total. The molecular weight excluding hydrogens is 200 g/mol. The van der Waals surface area contributed by atoms with E-state index in [2.05, 4.69) is 24.3 Å². The standard InChI is InChI=1S/C14H20O2/c1-14(10-6-3-7-11-14)13(15)16-12-8-4-2-5-9-12/h2-4,6,12H,5,7-11H2,1H3. The highest BCUT2D eigenvalue weighted by Gasteiger charge is 2.35. The van der Waals surface area contributed by atoms with Gasteiger partial charge in [0.1, 0.15) is 6.10 Å². The molecule has 0 heterocycles. The summed E-state index contributed by atoms with van der Waals surface area (Å²) in [5.74, 6) is -0.00264. The van der Waals surface area contributed by atoms with Crippen LogP contribution in [0.5, 0.6) is 0 Å². The largest absolute Gasteiger partial charge is 0.462 e. The summed E-state index contributed by atoms with van der Waals surface area (Å²) in [6.45, 7) is 2.03. The van der Waals surface area contributed by atoms with Crippen LogP contribution in [0, 0.1) is 5.41 Å². The smallest absolute Gasteiger partial charge is 0.312 e. The average Bonchev–Trinajstić information content (AvgIpc) is 2.31. The van der Waals surface area contributed by atoms with E-state index in [1.54, 1.807) is 0 Å². The summed E-state index contributed by atoms with van der Waals surface area (Å²) in [6.07, 6.45) is 14.3. The maximum Gasteiger partial charge on any atom is 0.312 e. The van der Waals surface area contributed by atoms with E-state index in [0.717, 1.165) is 38.5 Å². The molecule has 88 valence electrons. The van der Waals surface area contributed by atoms with Crippen LogP contribution in [0.2, 0.25) is 0 Å². The molecule has 0 saturated heterocycles. The molecule has 16 heavy (non-hydrogen) atoms. The van der Waals surface area contributed by atoms with Gasteiger partial charge in [-0.05, 0) is 39.0 Å². The highest BCUT2D eigenvalue weighted by molar-refractivity contribution is 5.77. The molecule has 0 aliphatic heterocycles. The number of ether oxygens (including phenoxy) is 1. The Kier molecular flexibility index (Phi) is 3.47. The zero-order valence-corrected chi connectivity index (χ0v) is 9.95. The van der Waals surface area contributed by atoms with E-state index >= 15 is 0 Å². The lowest BCUT2D eigenvalue weighted by Gasteiger charge is -2.30. The first-order valence-electron chi connectivity index (χ1n) is 6.22. The highest BCUT2D eigenvalue weighted by Crippen LogP contribution is 2.34. The van der Waals surface area contributed by atoms with Gasteiger partial charge in [0.05, 0.1) is 5.41 Å². The molecule has 0 spiro atoms. The van der Waals surface area contributed by atoms with Gasteiger partial charge in [-0.15, -0.1) is 0 Å². The monoisotopic (exact) mass is 220 g/mol. The minimum atomic E-state index is -0.282. The van der Waals surface area contributed by atoms with E-state index < -0.39 is 0 Å². The van der Waals surface area contributed by atoms with E-state index in [1.165, 1.54) is 0 Å². The van der Waals surface area contributed by atoms with Gasteiger partial charge in [-0.3, -0.25) is 4.79 Å². The van der Waals surface area contributed by atoms with Gasteiger partial charge in [-0.2, -0.15) is 0 Å². The Morgan fingerprint density at radius 1 is 1.25 bits per heavy atom. The third kappa shape index (κ3) is 2.55. The van der Waals surface area contributed by atoms with Gasteiger partial charge >= 0.3 is 5.97 Å². The lowest BCUT2D eigenvalue weighted by molar-refractivity contribution is -0.161. The molecule has 2 aliphatic carbocycles. The quantitative estimate of drug-likeness (QED) is 0.526. The summed E-state index contributed by atoms with van der Waals surface area (Å²) in [6, 6.07) is 0. The molecule has 2 unspecified atom stereocenters. The Morgan fingerprint density at radius 3 is 2.69 bits per heavy atom. The number of hydrogen-bond acceptors (Lipinski definition) is 2. The summed E-state index contributed by atoms with van der Waals surface area (Å²) in [4.78, 5) is 12.1. The van der Waals surface area contributed by atoms with Crippen molar-refractivity contribution in [2.75, 3.05) is 0 Å². The van der Waals surface area contributed by atoms with Gasteiger partial charge in [0.25, 0.3) is 0 Å². The zero-order valence-electron chi connectivity index (χ0n) is 9.95. The number of allylic oxidation sites excluding steroid dienone is 3. The van der Waals surface area contributed by atoms with E-state index in [4.69, 9.17) is 4.74 Å². The van der Waals surface area contributed by atoms with E-state index in [1.807, 2.05) is 6.92 Å². The molecule has 2 heteroatoms. The second kappa shape index (κ2) is 4.86. The Hall–Kier alpha value is -1.05. The van der Waals surface area contributed by atoms with Crippen LogP contribution in [0.3, 0.4) is 0 Å². The second-order valence-corrected chi connectivity index (χ2v) is 5.09. The Balaban J connectivity index is 1.91. The lowest BCUT2D eigenvalue weighted by atomic mass is 9.79. The Morgan fingerprint density at radius 2 is 2.06 bits per heavy atom. The minimum absolute atomic E-state index is 0.00264. The van der Waals surface area contributed by atoms with Crippen LogP contribution in [0.15, 0.2) is 24.3 Å².